The van der Waals surface area contributed by atoms with Crippen LogP contribution in [0.25, 0.3) is 6.08 Å². The maximum absolute atomic E-state index is 12.0. The van der Waals surface area contributed by atoms with Crippen LogP contribution >= 0.6 is 0 Å². The predicted octanol–water partition coefficient (Wildman–Crippen LogP) is 2.29. The van der Waals surface area contributed by atoms with Gasteiger partial charge in [0.1, 0.15) is 23.4 Å². The molecule has 1 aliphatic heterocycles. The molecule has 122 valence electrons. The monoisotopic (exact) mass is 315 g/mol. The summed E-state index contributed by atoms with van der Waals surface area (Å²) in [5, 5.41) is 11.0. The number of hydrogen-bond donors (Lipinski definition) is 2. The largest absolute Gasteiger partial charge is 0.441 e. The van der Waals surface area contributed by atoms with Gasteiger partial charge in [0.05, 0.1) is 11.8 Å². The van der Waals surface area contributed by atoms with Crippen molar-refractivity contribution in [3.05, 3.63) is 23.7 Å². The Balaban J connectivity index is 1.66. The molecule has 2 heterocycles. The Kier molecular flexibility index (Phi) is 3.79. The fourth-order valence-corrected chi connectivity index (χ4v) is 3.26. The van der Waals surface area contributed by atoms with E-state index in [4.69, 9.17) is 10.1 Å². The van der Waals surface area contributed by atoms with Crippen LogP contribution in [0.3, 0.4) is 0 Å². The molecule has 1 aliphatic carbocycles. The van der Waals surface area contributed by atoms with Crippen LogP contribution < -0.4 is 5.32 Å². The van der Waals surface area contributed by atoms with Crippen LogP contribution in [-0.2, 0) is 4.74 Å². The molecule has 2 N–H and O–H groups in total. The quantitative estimate of drug-likeness (QED) is 0.870. The average molecular weight is 315 g/mol. The van der Waals surface area contributed by atoms with Crippen LogP contribution in [0.15, 0.2) is 12.4 Å². The number of amides is 1. The summed E-state index contributed by atoms with van der Waals surface area (Å²) in [5.74, 6) is 0.688. The number of carbonyl (C=O) groups is 1. The van der Waals surface area contributed by atoms with Gasteiger partial charge in [0.2, 0.25) is 0 Å². The molecule has 0 aromatic carbocycles. The van der Waals surface area contributed by atoms with Crippen LogP contribution in [-0.4, -0.2) is 51.4 Å². The number of ether oxygens (including phenoxy) is 1. The highest BCUT2D eigenvalue weighted by Crippen LogP contribution is 2.31. The van der Waals surface area contributed by atoms with E-state index in [-0.39, 0.29) is 12.1 Å². The maximum Gasteiger partial charge on any atom is 0.410 e. The van der Waals surface area contributed by atoms with Crippen LogP contribution in [0.1, 0.15) is 38.4 Å². The van der Waals surface area contributed by atoms with Crippen LogP contribution in [0.4, 0.5) is 10.6 Å². The van der Waals surface area contributed by atoms with Crippen molar-refractivity contribution in [2.45, 2.75) is 38.8 Å². The van der Waals surface area contributed by atoms with E-state index in [2.05, 4.69) is 22.2 Å². The third-order valence-corrected chi connectivity index (χ3v) is 4.35. The maximum atomic E-state index is 12.0. The average Bonchev–Trinajstić information content (AvgIpc) is 2.97. The Morgan fingerprint density at radius 3 is 2.91 bits per heavy atom. The number of aromatic nitrogens is 2. The van der Waals surface area contributed by atoms with Crippen LogP contribution in [0, 0.1) is 5.41 Å². The molecular weight excluding hydrogens is 294 g/mol. The summed E-state index contributed by atoms with van der Waals surface area (Å²) >= 11 is 0. The van der Waals surface area contributed by atoms with Gasteiger partial charge in [-0.3, -0.25) is 10.3 Å². The lowest BCUT2D eigenvalue weighted by molar-refractivity contribution is 0.0668. The second-order valence-electron chi connectivity index (χ2n) is 6.25. The second-order valence-corrected chi connectivity index (χ2v) is 6.25. The molecule has 2 aliphatic rings. The summed E-state index contributed by atoms with van der Waals surface area (Å²) in [6, 6.07) is 0.0704. The first kappa shape index (κ1) is 15.5. The summed E-state index contributed by atoms with van der Waals surface area (Å²) < 4.78 is 5.45. The molecule has 0 saturated carbocycles. The highest BCUT2D eigenvalue weighted by Gasteiger charge is 2.46. The molecule has 0 radical (unpaired) electrons. The molecule has 1 atom stereocenters. The molecule has 1 aromatic rings. The van der Waals surface area contributed by atoms with Gasteiger partial charge in [0.15, 0.2) is 0 Å². The third kappa shape index (κ3) is 2.67. The number of rotatable bonds is 5. The minimum atomic E-state index is -0.459. The van der Waals surface area contributed by atoms with E-state index in [1.165, 1.54) is 6.33 Å². The lowest BCUT2D eigenvalue weighted by Crippen LogP contribution is -2.42. The van der Waals surface area contributed by atoms with Crippen molar-refractivity contribution >= 4 is 23.7 Å². The van der Waals surface area contributed by atoms with Gasteiger partial charge < -0.3 is 10.1 Å². The van der Waals surface area contributed by atoms with E-state index >= 15 is 0 Å². The Hall–Kier alpha value is -2.44. The minimum Gasteiger partial charge on any atom is -0.441 e. The second kappa shape index (κ2) is 5.64. The highest BCUT2D eigenvalue weighted by molar-refractivity contribution is 6.15. The zero-order chi connectivity index (χ0) is 16.6. The Bertz CT molecular complexity index is 683. The number of fused-ring (bicyclic) bond motifs is 1. The number of nitrogens with zero attached hydrogens (tertiary/aromatic N) is 3. The van der Waals surface area contributed by atoms with E-state index in [0.29, 0.717) is 30.3 Å². The number of cyclic esters (lactones) is 1. The predicted molar refractivity (Wildman–Crippen MR) is 87.7 cm³/mol. The first-order valence-corrected chi connectivity index (χ1v) is 7.79. The molecule has 0 spiro atoms. The Labute approximate surface area is 135 Å². The smallest absolute Gasteiger partial charge is 0.410 e. The van der Waals surface area contributed by atoms with Crippen LogP contribution in [0.2, 0.25) is 0 Å². The third-order valence-electron chi connectivity index (χ3n) is 4.35. The van der Waals surface area contributed by atoms with E-state index in [1.54, 1.807) is 11.0 Å². The fraction of sp³-hybridized carbons (Fsp3) is 0.500. The van der Waals surface area contributed by atoms with Gasteiger partial charge in [0.25, 0.3) is 0 Å². The lowest BCUT2D eigenvalue weighted by atomic mass is 9.96. The van der Waals surface area contributed by atoms with E-state index in [0.717, 1.165) is 12.0 Å². The number of nitrogens with one attached hydrogen (secondary N) is 2. The van der Waals surface area contributed by atoms with Gasteiger partial charge in [-0.25, -0.2) is 14.8 Å². The number of carbonyl (C=O) groups excluding carboxylic acids is 1. The van der Waals surface area contributed by atoms with Gasteiger partial charge in [0, 0.05) is 18.7 Å². The van der Waals surface area contributed by atoms with E-state index < -0.39 is 5.60 Å². The molecule has 1 saturated heterocycles. The van der Waals surface area contributed by atoms with Crippen molar-refractivity contribution in [2.24, 2.45) is 0 Å². The Morgan fingerprint density at radius 2 is 2.17 bits per heavy atom. The normalized spacial score (nSPS) is 21.5. The number of hydrogen-bond acceptors (Lipinski definition) is 6. The fourth-order valence-electron chi connectivity index (χ4n) is 3.26. The Morgan fingerprint density at radius 1 is 1.39 bits per heavy atom. The minimum absolute atomic E-state index is 0.0704. The highest BCUT2D eigenvalue weighted by atomic mass is 16.6. The molecule has 3 rings (SSSR count). The zero-order valence-electron chi connectivity index (χ0n) is 13.6. The molecule has 7 heteroatoms. The topological polar surface area (TPSA) is 91.2 Å². The standard InChI is InChI=1S/C16H21N5O2/c1-4-12-16(2,3)23-15(22)21(12)8-7-18-14-10-5-6-11(17)13(10)19-9-20-14/h5-6,9,12,17H,4,7-8H2,1-3H3,(H,18,19,20)/t12-/m0/s1. The van der Waals surface area contributed by atoms with Crippen LogP contribution in [0.5, 0.6) is 0 Å². The first-order valence-electron chi connectivity index (χ1n) is 7.79. The summed E-state index contributed by atoms with van der Waals surface area (Å²) in [6.45, 7) is 7.05. The molecule has 1 fully saturated rings. The molecule has 7 nitrogen and oxygen atoms in total. The van der Waals surface area contributed by atoms with Gasteiger partial charge in [-0.2, -0.15) is 0 Å². The molecule has 0 unspecified atom stereocenters. The number of allylic oxidation sites excluding steroid dienone is 1. The lowest BCUT2D eigenvalue weighted by Gasteiger charge is -2.27. The first-order chi connectivity index (χ1) is 10.9. The van der Waals surface area contributed by atoms with Gasteiger partial charge >= 0.3 is 6.09 Å². The van der Waals surface area contributed by atoms with Crippen molar-refractivity contribution < 1.29 is 9.53 Å². The summed E-state index contributed by atoms with van der Waals surface area (Å²) in [6.07, 6.45) is 5.57. The molecule has 1 aromatic heterocycles. The molecular formula is C16H21N5O2. The van der Waals surface area contributed by atoms with Crippen molar-refractivity contribution in [3.63, 3.8) is 0 Å². The molecule has 0 bridgehead atoms. The molecule has 23 heavy (non-hydrogen) atoms. The summed E-state index contributed by atoms with van der Waals surface area (Å²) in [7, 11) is 0. The van der Waals surface area contributed by atoms with Crippen molar-refractivity contribution in [2.75, 3.05) is 18.4 Å². The van der Waals surface area contributed by atoms with E-state index in [1.807, 2.05) is 19.9 Å². The molecule has 1 amide bonds. The van der Waals surface area contributed by atoms with Crippen molar-refractivity contribution in [1.29, 1.82) is 5.41 Å². The van der Waals surface area contributed by atoms with Gasteiger partial charge in [-0.05, 0) is 32.4 Å². The summed E-state index contributed by atoms with van der Waals surface area (Å²) in [4.78, 5) is 22.2. The van der Waals surface area contributed by atoms with Crippen molar-refractivity contribution in [3.8, 4) is 0 Å². The zero-order valence-corrected chi connectivity index (χ0v) is 13.6. The van der Waals surface area contributed by atoms with Gasteiger partial charge in [-0.15, -0.1) is 0 Å². The SMILES string of the molecule is CC[C@@H]1N(CCNc2ncnc3c2C=CC3=N)C(=O)OC1(C)C. The summed E-state index contributed by atoms with van der Waals surface area (Å²) in [5.41, 5.74) is 1.39. The van der Waals surface area contributed by atoms with Crippen molar-refractivity contribution in [1.82, 2.24) is 14.9 Å². The van der Waals surface area contributed by atoms with E-state index in [9.17, 15) is 4.79 Å². The number of anilines is 1. The van der Waals surface area contributed by atoms with Gasteiger partial charge in [-0.1, -0.05) is 6.92 Å².